The number of aromatic nitrogens is 1. The molecule has 1 fully saturated rings. The van der Waals surface area contributed by atoms with Gasteiger partial charge in [-0.15, -0.1) is 0 Å². The Balaban J connectivity index is 1.94. The van der Waals surface area contributed by atoms with Crippen molar-refractivity contribution in [3.8, 4) is 0 Å². The summed E-state index contributed by atoms with van der Waals surface area (Å²) in [4.78, 5) is 17.8. The van der Waals surface area contributed by atoms with Crippen molar-refractivity contribution >= 4 is 11.6 Å². The molecule has 1 aromatic rings. The van der Waals surface area contributed by atoms with Crippen LogP contribution >= 0.6 is 0 Å². The average molecular weight is 249 g/mol. The number of carbonyl (C=O) groups excluding carboxylic acids is 1. The van der Waals surface area contributed by atoms with Crippen LogP contribution in [0.4, 0.5) is 5.69 Å². The van der Waals surface area contributed by atoms with E-state index < -0.39 is 0 Å². The Hall–Kier alpha value is -1.46. The summed E-state index contributed by atoms with van der Waals surface area (Å²) in [5.41, 5.74) is 0.672. The average Bonchev–Trinajstić information content (AvgIpc) is 2.36. The molecule has 0 aromatic carbocycles. The lowest BCUT2D eigenvalue weighted by Crippen LogP contribution is -2.59. The Morgan fingerprint density at radius 2 is 2.17 bits per heavy atom. The zero-order valence-corrected chi connectivity index (χ0v) is 10.8. The number of nitrogens with one attached hydrogen (secondary N) is 1. The molecule has 0 unspecified atom stereocenters. The number of pyridine rings is 1. The van der Waals surface area contributed by atoms with Gasteiger partial charge in [0.1, 0.15) is 6.61 Å². The standard InChI is InChI=1S/C13H19N3O2/c1-3-16(11-4-6-14-7-5-11)12(17)8-18-13(2)9-15-10-13/h4-7,15H,3,8-10H2,1-2H3. The summed E-state index contributed by atoms with van der Waals surface area (Å²) < 4.78 is 5.66. The largest absolute Gasteiger partial charge is 0.363 e. The molecule has 5 heteroatoms. The highest BCUT2D eigenvalue weighted by atomic mass is 16.5. The van der Waals surface area contributed by atoms with E-state index in [9.17, 15) is 4.79 Å². The SMILES string of the molecule is CCN(C(=O)COC1(C)CNC1)c1ccncc1. The smallest absolute Gasteiger partial charge is 0.252 e. The van der Waals surface area contributed by atoms with Gasteiger partial charge in [0.2, 0.25) is 0 Å². The molecule has 1 amide bonds. The summed E-state index contributed by atoms with van der Waals surface area (Å²) >= 11 is 0. The van der Waals surface area contributed by atoms with Crippen LogP contribution in [0.3, 0.4) is 0 Å². The third-order valence-corrected chi connectivity index (χ3v) is 3.13. The second-order valence-corrected chi connectivity index (χ2v) is 4.69. The first kappa shape index (κ1) is 13.0. The quantitative estimate of drug-likeness (QED) is 0.839. The zero-order chi connectivity index (χ0) is 13.0. The molecular formula is C13H19N3O2. The highest BCUT2D eigenvalue weighted by Crippen LogP contribution is 2.17. The summed E-state index contributed by atoms with van der Waals surface area (Å²) in [6.45, 7) is 6.32. The van der Waals surface area contributed by atoms with Gasteiger partial charge in [-0.1, -0.05) is 0 Å². The fourth-order valence-electron chi connectivity index (χ4n) is 1.92. The molecule has 0 aliphatic carbocycles. The number of likely N-dealkylation sites (N-methyl/N-ethyl adjacent to an activating group) is 1. The number of hydrogen-bond donors (Lipinski definition) is 1. The molecule has 1 N–H and O–H groups in total. The van der Waals surface area contributed by atoms with Crippen molar-refractivity contribution in [3.05, 3.63) is 24.5 Å². The van der Waals surface area contributed by atoms with Crippen molar-refractivity contribution in [2.75, 3.05) is 31.1 Å². The molecule has 0 spiro atoms. The van der Waals surface area contributed by atoms with Crippen LogP contribution in [0.25, 0.3) is 0 Å². The topological polar surface area (TPSA) is 54.5 Å². The van der Waals surface area contributed by atoms with Gasteiger partial charge in [0, 0.05) is 37.7 Å². The molecule has 98 valence electrons. The van der Waals surface area contributed by atoms with Gasteiger partial charge < -0.3 is 15.0 Å². The number of ether oxygens (including phenoxy) is 1. The molecule has 5 nitrogen and oxygen atoms in total. The van der Waals surface area contributed by atoms with E-state index in [1.54, 1.807) is 17.3 Å². The van der Waals surface area contributed by atoms with Crippen LogP contribution in [-0.2, 0) is 9.53 Å². The van der Waals surface area contributed by atoms with E-state index in [1.807, 2.05) is 26.0 Å². The maximum absolute atomic E-state index is 12.1. The number of hydrogen-bond acceptors (Lipinski definition) is 4. The van der Waals surface area contributed by atoms with Gasteiger partial charge in [0.25, 0.3) is 5.91 Å². The van der Waals surface area contributed by atoms with Crippen molar-refractivity contribution in [1.82, 2.24) is 10.3 Å². The predicted molar refractivity (Wildman–Crippen MR) is 69.5 cm³/mol. The lowest BCUT2D eigenvalue weighted by Gasteiger charge is -2.39. The molecule has 0 bridgehead atoms. The Kier molecular flexibility index (Phi) is 3.93. The summed E-state index contributed by atoms with van der Waals surface area (Å²) in [6, 6.07) is 3.65. The molecule has 0 saturated carbocycles. The Bertz CT molecular complexity index is 404. The summed E-state index contributed by atoms with van der Waals surface area (Å²) in [7, 11) is 0. The normalized spacial score (nSPS) is 17.0. The van der Waals surface area contributed by atoms with E-state index >= 15 is 0 Å². The molecule has 0 atom stereocenters. The maximum Gasteiger partial charge on any atom is 0.252 e. The van der Waals surface area contributed by atoms with Crippen LogP contribution in [0.5, 0.6) is 0 Å². The van der Waals surface area contributed by atoms with E-state index in [4.69, 9.17) is 4.74 Å². The molecule has 18 heavy (non-hydrogen) atoms. The van der Waals surface area contributed by atoms with Crippen LogP contribution in [0.15, 0.2) is 24.5 Å². The molecule has 0 radical (unpaired) electrons. The van der Waals surface area contributed by atoms with Gasteiger partial charge in [-0.05, 0) is 26.0 Å². The molecule has 1 saturated heterocycles. The van der Waals surface area contributed by atoms with Crippen LogP contribution in [0, 0.1) is 0 Å². The number of nitrogens with zero attached hydrogens (tertiary/aromatic N) is 2. The molecule has 1 aliphatic rings. The lowest BCUT2D eigenvalue weighted by molar-refractivity contribution is -0.133. The Morgan fingerprint density at radius 3 is 2.67 bits per heavy atom. The van der Waals surface area contributed by atoms with Crippen molar-refractivity contribution < 1.29 is 9.53 Å². The van der Waals surface area contributed by atoms with Gasteiger partial charge in [-0.25, -0.2) is 0 Å². The van der Waals surface area contributed by atoms with E-state index in [1.165, 1.54) is 0 Å². The van der Waals surface area contributed by atoms with Gasteiger partial charge >= 0.3 is 0 Å². The van der Waals surface area contributed by atoms with Crippen LogP contribution in [0.2, 0.25) is 0 Å². The van der Waals surface area contributed by atoms with E-state index in [2.05, 4.69) is 10.3 Å². The summed E-state index contributed by atoms with van der Waals surface area (Å²) in [5, 5.41) is 3.14. The van der Waals surface area contributed by atoms with Crippen molar-refractivity contribution in [1.29, 1.82) is 0 Å². The van der Waals surface area contributed by atoms with Gasteiger partial charge in [-0.3, -0.25) is 9.78 Å². The first-order valence-corrected chi connectivity index (χ1v) is 6.20. The Labute approximate surface area is 107 Å². The molecule has 1 aromatic heterocycles. The van der Waals surface area contributed by atoms with Crippen molar-refractivity contribution in [2.24, 2.45) is 0 Å². The minimum atomic E-state index is -0.187. The highest BCUT2D eigenvalue weighted by Gasteiger charge is 2.33. The van der Waals surface area contributed by atoms with Crippen LogP contribution in [-0.4, -0.2) is 42.7 Å². The van der Waals surface area contributed by atoms with E-state index in [0.717, 1.165) is 18.8 Å². The monoisotopic (exact) mass is 249 g/mol. The number of amides is 1. The number of rotatable bonds is 5. The highest BCUT2D eigenvalue weighted by molar-refractivity contribution is 5.94. The van der Waals surface area contributed by atoms with Gasteiger partial charge in [-0.2, -0.15) is 0 Å². The Morgan fingerprint density at radius 1 is 1.50 bits per heavy atom. The maximum atomic E-state index is 12.1. The number of anilines is 1. The molecule has 1 aliphatic heterocycles. The van der Waals surface area contributed by atoms with Crippen molar-refractivity contribution in [2.45, 2.75) is 19.4 Å². The van der Waals surface area contributed by atoms with Gasteiger partial charge in [0.05, 0.1) is 5.60 Å². The van der Waals surface area contributed by atoms with E-state index in [-0.39, 0.29) is 18.1 Å². The predicted octanol–water partition coefficient (Wildman–Crippen LogP) is 0.813. The van der Waals surface area contributed by atoms with Crippen LogP contribution < -0.4 is 10.2 Å². The minimum Gasteiger partial charge on any atom is -0.363 e. The molecular weight excluding hydrogens is 230 g/mol. The third-order valence-electron chi connectivity index (χ3n) is 3.13. The lowest BCUT2D eigenvalue weighted by atomic mass is 10.0. The van der Waals surface area contributed by atoms with E-state index in [0.29, 0.717) is 6.54 Å². The minimum absolute atomic E-state index is 0.0168. The van der Waals surface area contributed by atoms with Gasteiger partial charge in [0.15, 0.2) is 0 Å². The second kappa shape index (κ2) is 5.46. The number of carbonyl (C=O) groups is 1. The zero-order valence-electron chi connectivity index (χ0n) is 10.8. The fourth-order valence-corrected chi connectivity index (χ4v) is 1.92. The summed E-state index contributed by atoms with van der Waals surface area (Å²) in [5.74, 6) is -0.0168. The first-order valence-electron chi connectivity index (χ1n) is 6.20. The summed E-state index contributed by atoms with van der Waals surface area (Å²) in [6.07, 6.45) is 3.37. The van der Waals surface area contributed by atoms with Crippen LogP contribution in [0.1, 0.15) is 13.8 Å². The fraction of sp³-hybridized carbons (Fsp3) is 0.538. The van der Waals surface area contributed by atoms with Crippen molar-refractivity contribution in [3.63, 3.8) is 0 Å². The molecule has 2 rings (SSSR count). The first-order chi connectivity index (χ1) is 8.64. The second-order valence-electron chi connectivity index (χ2n) is 4.69. The molecule has 2 heterocycles. The third kappa shape index (κ3) is 2.86.